The van der Waals surface area contributed by atoms with Crippen molar-refractivity contribution in [3.05, 3.63) is 54.1 Å². The second-order valence-corrected chi connectivity index (χ2v) is 8.83. The largest absolute Gasteiger partial charge is 0.495 e. The van der Waals surface area contributed by atoms with Gasteiger partial charge in [-0.1, -0.05) is 43.5 Å². The summed E-state index contributed by atoms with van der Waals surface area (Å²) in [5.41, 5.74) is 2.57. The predicted molar refractivity (Wildman–Crippen MR) is 140 cm³/mol. The number of aliphatic hydroxyl groups excluding tert-OH is 1. The Morgan fingerprint density at radius 2 is 1.58 bits per heavy atom. The lowest BCUT2D eigenvalue weighted by molar-refractivity contribution is 0.0662. The van der Waals surface area contributed by atoms with Crippen molar-refractivity contribution in [3.63, 3.8) is 0 Å². The molecule has 33 heavy (non-hydrogen) atoms. The van der Waals surface area contributed by atoms with Crippen molar-refractivity contribution in [3.8, 4) is 11.5 Å². The molecule has 1 saturated heterocycles. The zero-order valence-corrected chi connectivity index (χ0v) is 21.2. The number of para-hydroxylation sites is 2. The Kier molecular flexibility index (Phi) is 11.6. The van der Waals surface area contributed by atoms with Gasteiger partial charge in [0.2, 0.25) is 0 Å². The number of anilines is 1. The van der Waals surface area contributed by atoms with Crippen LogP contribution in [0.4, 0.5) is 5.69 Å². The van der Waals surface area contributed by atoms with Crippen LogP contribution in [0.25, 0.3) is 0 Å². The third-order valence-electron chi connectivity index (χ3n) is 6.67. The maximum Gasteiger partial charge on any atom is 0.142 e. The number of aliphatic hydroxyl groups is 1. The number of hydrogen-bond donors (Lipinski definition) is 1. The number of hydrogen-bond acceptors (Lipinski definition) is 5. The smallest absolute Gasteiger partial charge is 0.142 e. The number of piperazine rings is 1. The summed E-state index contributed by atoms with van der Waals surface area (Å²) in [6, 6.07) is 16.7. The standard InChI is InChI=1S/C26H36N2O3.2ClH/c1-30-26-10-6-5-9-25(26)28-17-15-27(16-18-28)19-23(29)20-31-24-13-11-22(12-14-24)21-7-3-2-4-8-21;;/h5-6,9-14,21,23,29H,2-4,7-8,15-20H2,1H3;2*1H. The maximum absolute atomic E-state index is 10.5. The molecule has 5 nitrogen and oxygen atoms in total. The molecular weight excluding hydrogens is 459 g/mol. The van der Waals surface area contributed by atoms with Gasteiger partial charge in [-0.2, -0.15) is 0 Å². The highest BCUT2D eigenvalue weighted by Gasteiger charge is 2.21. The van der Waals surface area contributed by atoms with Gasteiger partial charge in [-0.05, 0) is 48.6 Å². The third kappa shape index (κ3) is 7.68. The minimum Gasteiger partial charge on any atom is -0.495 e. The van der Waals surface area contributed by atoms with Gasteiger partial charge in [-0.3, -0.25) is 4.90 Å². The van der Waals surface area contributed by atoms with Crippen molar-refractivity contribution in [1.82, 2.24) is 4.90 Å². The molecule has 1 heterocycles. The Hall–Kier alpha value is -1.66. The highest BCUT2D eigenvalue weighted by Crippen LogP contribution is 2.33. The quantitative estimate of drug-likeness (QED) is 0.547. The number of ether oxygens (including phenoxy) is 2. The molecule has 184 valence electrons. The molecule has 0 spiro atoms. The third-order valence-corrected chi connectivity index (χ3v) is 6.67. The SMILES string of the molecule is COc1ccccc1N1CCN(CC(O)COc2ccc(C3CCCCC3)cc2)CC1.Cl.Cl. The van der Waals surface area contributed by atoms with Crippen LogP contribution in [0.5, 0.6) is 11.5 Å². The second kappa shape index (κ2) is 13.9. The molecule has 7 heteroatoms. The Bertz CT molecular complexity index is 807. The van der Waals surface area contributed by atoms with Crippen molar-refractivity contribution < 1.29 is 14.6 Å². The van der Waals surface area contributed by atoms with E-state index in [2.05, 4.69) is 40.1 Å². The Morgan fingerprint density at radius 3 is 2.24 bits per heavy atom. The summed E-state index contributed by atoms with van der Waals surface area (Å²) in [5.74, 6) is 2.47. The summed E-state index contributed by atoms with van der Waals surface area (Å²) in [6.07, 6.45) is 6.21. The number of rotatable bonds is 8. The monoisotopic (exact) mass is 496 g/mol. The normalized spacial score (nSPS) is 18.1. The van der Waals surface area contributed by atoms with Crippen molar-refractivity contribution in [2.75, 3.05) is 51.3 Å². The molecule has 2 aromatic carbocycles. The van der Waals surface area contributed by atoms with Gasteiger partial charge in [0.15, 0.2) is 0 Å². The van der Waals surface area contributed by atoms with Crippen molar-refractivity contribution in [2.24, 2.45) is 0 Å². The first-order valence-electron chi connectivity index (χ1n) is 11.7. The van der Waals surface area contributed by atoms with Gasteiger partial charge >= 0.3 is 0 Å². The minimum atomic E-state index is -0.490. The first kappa shape index (κ1) is 27.6. The highest BCUT2D eigenvalue weighted by molar-refractivity contribution is 5.85. The number of methoxy groups -OCH3 is 1. The molecular formula is C26H38Cl2N2O3. The maximum atomic E-state index is 10.5. The highest BCUT2D eigenvalue weighted by atomic mass is 35.5. The van der Waals surface area contributed by atoms with E-state index < -0.39 is 6.10 Å². The van der Waals surface area contributed by atoms with Gasteiger partial charge in [0.05, 0.1) is 12.8 Å². The minimum absolute atomic E-state index is 0. The average Bonchev–Trinajstić information content (AvgIpc) is 2.84. The van der Waals surface area contributed by atoms with Crippen LogP contribution in [0.1, 0.15) is 43.6 Å². The Balaban J connectivity index is 0.00000193. The molecule has 2 aromatic rings. The van der Waals surface area contributed by atoms with Gasteiger partial charge in [0.1, 0.15) is 24.2 Å². The van der Waals surface area contributed by atoms with E-state index in [0.717, 1.165) is 43.4 Å². The molecule has 1 atom stereocenters. The van der Waals surface area contributed by atoms with Crippen LogP contribution >= 0.6 is 24.8 Å². The fourth-order valence-corrected chi connectivity index (χ4v) is 4.88. The van der Waals surface area contributed by atoms with Gasteiger partial charge < -0.3 is 19.5 Å². The Morgan fingerprint density at radius 1 is 0.909 bits per heavy atom. The molecule has 0 aromatic heterocycles. The fraction of sp³-hybridized carbons (Fsp3) is 0.538. The molecule has 0 amide bonds. The van der Waals surface area contributed by atoms with Crippen LogP contribution < -0.4 is 14.4 Å². The Labute approximate surface area is 210 Å². The lowest BCUT2D eigenvalue weighted by Crippen LogP contribution is -2.49. The molecule has 1 N–H and O–H groups in total. The summed E-state index contributed by atoms with van der Waals surface area (Å²) < 4.78 is 11.4. The first-order chi connectivity index (χ1) is 15.2. The first-order valence-corrected chi connectivity index (χ1v) is 11.7. The van der Waals surface area contributed by atoms with Crippen molar-refractivity contribution in [1.29, 1.82) is 0 Å². The van der Waals surface area contributed by atoms with E-state index in [1.165, 1.54) is 37.7 Å². The van der Waals surface area contributed by atoms with E-state index in [0.29, 0.717) is 19.1 Å². The molecule has 2 fully saturated rings. The molecule has 1 saturated carbocycles. The lowest BCUT2D eigenvalue weighted by Gasteiger charge is -2.37. The zero-order valence-electron chi connectivity index (χ0n) is 19.5. The van der Waals surface area contributed by atoms with E-state index in [4.69, 9.17) is 9.47 Å². The molecule has 1 aliphatic carbocycles. The van der Waals surface area contributed by atoms with Gasteiger partial charge in [0, 0.05) is 32.7 Å². The summed E-state index contributed by atoms with van der Waals surface area (Å²) in [6.45, 7) is 4.67. The van der Waals surface area contributed by atoms with E-state index >= 15 is 0 Å². The van der Waals surface area contributed by atoms with Gasteiger partial charge in [0.25, 0.3) is 0 Å². The van der Waals surface area contributed by atoms with E-state index in [9.17, 15) is 5.11 Å². The lowest BCUT2D eigenvalue weighted by atomic mass is 9.84. The molecule has 1 aliphatic heterocycles. The number of benzene rings is 2. The van der Waals surface area contributed by atoms with Crippen LogP contribution in [-0.4, -0.2) is 62.6 Å². The molecule has 2 aliphatic rings. The van der Waals surface area contributed by atoms with Crippen LogP contribution in [0, 0.1) is 0 Å². The van der Waals surface area contributed by atoms with Crippen molar-refractivity contribution >= 4 is 30.5 Å². The summed E-state index contributed by atoms with van der Waals surface area (Å²) in [7, 11) is 1.72. The van der Waals surface area contributed by atoms with Crippen LogP contribution in [0.15, 0.2) is 48.5 Å². The molecule has 4 rings (SSSR count). The van der Waals surface area contributed by atoms with Gasteiger partial charge in [-0.25, -0.2) is 0 Å². The number of halogens is 2. The summed E-state index contributed by atoms with van der Waals surface area (Å²) >= 11 is 0. The van der Waals surface area contributed by atoms with Crippen LogP contribution in [-0.2, 0) is 0 Å². The summed E-state index contributed by atoms with van der Waals surface area (Å²) in [5, 5.41) is 10.5. The topological polar surface area (TPSA) is 45.2 Å². The van der Waals surface area contributed by atoms with E-state index in [1.807, 2.05) is 18.2 Å². The number of β-amino-alcohol motifs (C(OH)–C–C–N with tert-alkyl or cyclic N) is 1. The van der Waals surface area contributed by atoms with Crippen molar-refractivity contribution in [2.45, 2.75) is 44.1 Å². The molecule has 1 unspecified atom stereocenters. The number of nitrogens with zero attached hydrogens (tertiary/aromatic N) is 2. The van der Waals surface area contributed by atoms with Gasteiger partial charge in [-0.15, -0.1) is 24.8 Å². The average molecular weight is 498 g/mol. The molecule has 0 bridgehead atoms. The van der Waals surface area contributed by atoms with E-state index in [1.54, 1.807) is 7.11 Å². The zero-order chi connectivity index (χ0) is 21.5. The fourth-order valence-electron chi connectivity index (χ4n) is 4.88. The van der Waals surface area contributed by atoms with Crippen LogP contribution in [0.2, 0.25) is 0 Å². The molecule has 0 radical (unpaired) electrons. The predicted octanol–water partition coefficient (Wildman–Crippen LogP) is 5.15. The summed E-state index contributed by atoms with van der Waals surface area (Å²) in [4.78, 5) is 4.66. The van der Waals surface area contributed by atoms with Crippen LogP contribution in [0.3, 0.4) is 0 Å². The van der Waals surface area contributed by atoms with E-state index in [-0.39, 0.29) is 24.8 Å². The second-order valence-electron chi connectivity index (χ2n) is 8.83.